The second kappa shape index (κ2) is 4.99. The van der Waals surface area contributed by atoms with Crippen LogP contribution < -0.4 is 5.32 Å². The highest BCUT2D eigenvalue weighted by Gasteiger charge is 2.01. The van der Waals surface area contributed by atoms with Gasteiger partial charge in [-0.1, -0.05) is 6.07 Å². The molecule has 82 valence electrons. The van der Waals surface area contributed by atoms with E-state index in [1.54, 1.807) is 6.20 Å². The largest absolute Gasteiger partial charge is 0.325 e. The molecule has 0 spiro atoms. The van der Waals surface area contributed by atoms with Crippen molar-refractivity contribution in [2.75, 3.05) is 17.3 Å². The molecule has 0 saturated carbocycles. The molecule has 0 atom stereocenters. The summed E-state index contributed by atoms with van der Waals surface area (Å²) < 4.78 is 0. The quantitative estimate of drug-likeness (QED) is 0.884. The Morgan fingerprint density at radius 3 is 3.12 bits per heavy atom. The van der Waals surface area contributed by atoms with Gasteiger partial charge < -0.3 is 5.32 Å². The maximum atomic E-state index is 11.4. The predicted molar refractivity (Wildman–Crippen MR) is 68.8 cm³/mol. The standard InChI is InChI=1S/C12H12N2OS/c1-16-8-12(15)14-10-4-5-11-9(7-10)3-2-6-13-11/h2-7H,8H2,1H3,(H,14,15). The van der Waals surface area contributed by atoms with Gasteiger partial charge in [0.05, 0.1) is 11.3 Å². The molecule has 4 heteroatoms. The average Bonchev–Trinajstić information content (AvgIpc) is 2.29. The fraction of sp³-hybridized carbons (Fsp3) is 0.167. The molecule has 0 aliphatic rings. The summed E-state index contributed by atoms with van der Waals surface area (Å²) in [5.41, 5.74) is 1.75. The van der Waals surface area contributed by atoms with Crippen LogP contribution in [0.3, 0.4) is 0 Å². The van der Waals surface area contributed by atoms with Crippen LogP contribution in [0, 0.1) is 0 Å². The van der Waals surface area contributed by atoms with Crippen molar-refractivity contribution < 1.29 is 4.79 Å². The van der Waals surface area contributed by atoms with Gasteiger partial charge in [-0.05, 0) is 30.5 Å². The number of amides is 1. The molecule has 3 nitrogen and oxygen atoms in total. The number of nitrogens with one attached hydrogen (secondary N) is 1. The number of carbonyl (C=O) groups is 1. The lowest BCUT2D eigenvalue weighted by Crippen LogP contribution is -2.13. The van der Waals surface area contributed by atoms with E-state index in [4.69, 9.17) is 0 Å². The number of pyridine rings is 1. The SMILES string of the molecule is CSCC(=O)Nc1ccc2ncccc2c1. The lowest BCUT2D eigenvalue weighted by Gasteiger charge is -2.05. The molecule has 0 bridgehead atoms. The Balaban J connectivity index is 2.22. The van der Waals surface area contributed by atoms with Crippen molar-refractivity contribution in [3.63, 3.8) is 0 Å². The van der Waals surface area contributed by atoms with Crippen molar-refractivity contribution >= 4 is 34.3 Å². The second-order valence-corrected chi connectivity index (χ2v) is 4.26. The summed E-state index contributed by atoms with van der Waals surface area (Å²) in [5, 5.41) is 3.88. The molecule has 1 heterocycles. The summed E-state index contributed by atoms with van der Waals surface area (Å²) >= 11 is 1.51. The Labute approximate surface area is 98.3 Å². The fourth-order valence-electron chi connectivity index (χ4n) is 1.48. The number of benzene rings is 1. The maximum Gasteiger partial charge on any atom is 0.234 e. The van der Waals surface area contributed by atoms with Gasteiger partial charge >= 0.3 is 0 Å². The number of rotatable bonds is 3. The van der Waals surface area contributed by atoms with E-state index in [-0.39, 0.29) is 5.91 Å². The third-order valence-corrected chi connectivity index (χ3v) is 2.71. The second-order valence-electron chi connectivity index (χ2n) is 3.39. The van der Waals surface area contributed by atoms with E-state index in [1.165, 1.54) is 11.8 Å². The van der Waals surface area contributed by atoms with Gasteiger partial charge in [-0.3, -0.25) is 9.78 Å². The van der Waals surface area contributed by atoms with Gasteiger partial charge in [-0.25, -0.2) is 0 Å². The van der Waals surface area contributed by atoms with Gasteiger partial charge in [-0.15, -0.1) is 0 Å². The number of carbonyl (C=O) groups excluding carboxylic acids is 1. The van der Waals surface area contributed by atoms with E-state index in [0.717, 1.165) is 16.6 Å². The monoisotopic (exact) mass is 232 g/mol. The van der Waals surface area contributed by atoms with Crippen LogP contribution in [0.4, 0.5) is 5.69 Å². The van der Waals surface area contributed by atoms with Crippen molar-refractivity contribution in [3.8, 4) is 0 Å². The molecule has 2 aromatic rings. The molecule has 1 amide bonds. The van der Waals surface area contributed by atoms with Crippen LogP contribution in [0.2, 0.25) is 0 Å². The van der Waals surface area contributed by atoms with Crippen LogP contribution in [-0.4, -0.2) is 22.9 Å². The van der Waals surface area contributed by atoms with Crippen LogP contribution >= 0.6 is 11.8 Å². The third kappa shape index (κ3) is 2.52. The third-order valence-electron chi connectivity index (χ3n) is 2.16. The van der Waals surface area contributed by atoms with Crippen LogP contribution in [0.25, 0.3) is 10.9 Å². The first-order chi connectivity index (χ1) is 7.79. The van der Waals surface area contributed by atoms with Gasteiger partial charge in [0, 0.05) is 17.3 Å². The topological polar surface area (TPSA) is 42.0 Å². The molecule has 0 aliphatic carbocycles. The summed E-state index contributed by atoms with van der Waals surface area (Å²) in [4.78, 5) is 15.6. The molecule has 0 saturated heterocycles. The zero-order valence-electron chi connectivity index (χ0n) is 8.93. The van der Waals surface area contributed by atoms with E-state index >= 15 is 0 Å². The van der Waals surface area contributed by atoms with E-state index in [2.05, 4.69) is 10.3 Å². The molecule has 1 aromatic carbocycles. The zero-order chi connectivity index (χ0) is 11.4. The summed E-state index contributed by atoms with van der Waals surface area (Å²) in [7, 11) is 0. The molecule has 2 rings (SSSR count). The summed E-state index contributed by atoms with van der Waals surface area (Å²) in [6.07, 6.45) is 3.66. The van der Waals surface area contributed by atoms with Crippen molar-refractivity contribution in [1.82, 2.24) is 4.98 Å². The van der Waals surface area contributed by atoms with Crippen LogP contribution in [0.5, 0.6) is 0 Å². The maximum absolute atomic E-state index is 11.4. The molecule has 0 unspecified atom stereocenters. The Morgan fingerprint density at radius 2 is 2.31 bits per heavy atom. The Kier molecular flexibility index (Phi) is 3.41. The Bertz CT molecular complexity index is 513. The van der Waals surface area contributed by atoms with E-state index in [0.29, 0.717) is 5.75 Å². The molecule has 0 radical (unpaired) electrons. The first-order valence-corrected chi connectivity index (χ1v) is 6.32. The molecule has 1 N–H and O–H groups in total. The van der Waals surface area contributed by atoms with Gasteiger partial charge in [0.2, 0.25) is 5.91 Å². The minimum absolute atomic E-state index is 0.0238. The number of hydrogen-bond donors (Lipinski definition) is 1. The van der Waals surface area contributed by atoms with E-state index in [1.807, 2.05) is 36.6 Å². The molecular weight excluding hydrogens is 220 g/mol. The molecule has 1 aromatic heterocycles. The molecule has 16 heavy (non-hydrogen) atoms. The van der Waals surface area contributed by atoms with E-state index < -0.39 is 0 Å². The van der Waals surface area contributed by atoms with Crippen LogP contribution in [0.1, 0.15) is 0 Å². The number of hydrogen-bond acceptors (Lipinski definition) is 3. The highest BCUT2D eigenvalue weighted by molar-refractivity contribution is 7.99. The lowest BCUT2D eigenvalue weighted by molar-refractivity contribution is -0.113. The molecular formula is C12H12N2OS. The van der Waals surface area contributed by atoms with Crippen molar-refractivity contribution in [2.24, 2.45) is 0 Å². The number of nitrogens with zero attached hydrogens (tertiary/aromatic N) is 1. The Hall–Kier alpha value is -1.55. The van der Waals surface area contributed by atoms with Crippen molar-refractivity contribution in [2.45, 2.75) is 0 Å². The zero-order valence-corrected chi connectivity index (χ0v) is 9.75. The molecule has 0 fully saturated rings. The smallest absolute Gasteiger partial charge is 0.234 e. The average molecular weight is 232 g/mol. The highest BCUT2D eigenvalue weighted by atomic mass is 32.2. The minimum atomic E-state index is 0.0238. The number of fused-ring (bicyclic) bond motifs is 1. The normalized spacial score (nSPS) is 10.3. The van der Waals surface area contributed by atoms with Gasteiger partial charge in [0.25, 0.3) is 0 Å². The molecule has 0 aliphatic heterocycles. The van der Waals surface area contributed by atoms with Crippen molar-refractivity contribution in [3.05, 3.63) is 36.5 Å². The Morgan fingerprint density at radius 1 is 1.44 bits per heavy atom. The summed E-state index contributed by atoms with van der Waals surface area (Å²) in [5.74, 6) is 0.501. The fourth-order valence-corrected chi connectivity index (χ4v) is 1.82. The first-order valence-electron chi connectivity index (χ1n) is 4.93. The van der Waals surface area contributed by atoms with Gasteiger partial charge in [-0.2, -0.15) is 11.8 Å². The summed E-state index contributed by atoms with van der Waals surface area (Å²) in [6.45, 7) is 0. The highest BCUT2D eigenvalue weighted by Crippen LogP contribution is 2.16. The number of thioether (sulfide) groups is 1. The number of aromatic nitrogens is 1. The first kappa shape index (κ1) is 11.0. The van der Waals surface area contributed by atoms with Crippen LogP contribution in [-0.2, 0) is 4.79 Å². The van der Waals surface area contributed by atoms with E-state index in [9.17, 15) is 4.79 Å². The minimum Gasteiger partial charge on any atom is -0.325 e. The van der Waals surface area contributed by atoms with Gasteiger partial charge in [0.15, 0.2) is 0 Å². The lowest BCUT2D eigenvalue weighted by atomic mass is 10.2. The summed E-state index contributed by atoms with van der Waals surface area (Å²) in [6, 6.07) is 9.57. The van der Waals surface area contributed by atoms with Crippen LogP contribution in [0.15, 0.2) is 36.5 Å². The van der Waals surface area contributed by atoms with Gasteiger partial charge in [0.1, 0.15) is 0 Å². The predicted octanol–water partition coefficient (Wildman–Crippen LogP) is 2.54. The number of anilines is 1. The van der Waals surface area contributed by atoms with Crippen molar-refractivity contribution in [1.29, 1.82) is 0 Å².